The average molecular weight is 1130 g/mol. The van der Waals surface area contributed by atoms with E-state index >= 15 is 0 Å². The van der Waals surface area contributed by atoms with Crippen LogP contribution in [0.15, 0.2) is 146 Å². The van der Waals surface area contributed by atoms with Gasteiger partial charge in [-0.2, -0.15) is 0 Å². The molecule has 0 aliphatic heterocycles. The van der Waals surface area contributed by atoms with E-state index in [4.69, 9.17) is 0 Å². The molecule has 6 aromatic carbocycles. The van der Waals surface area contributed by atoms with Gasteiger partial charge < -0.3 is 20.0 Å². The molecule has 0 spiro atoms. The van der Waals surface area contributed by atoms with Crippen molar-refractivity contribution in [1.29, 1.82) is 0 Å². The van der Waals surface area contributed by atoms with Gasteiger partial charge in [0.15, 0.2) is 0 Å². The van der Waals surface area contributed by atoms with Crippen LogP contribution in [0.2, 0.25) is 0 Å². The topological polar surface area (TPSA) is 46.9 Å². The Bertz CT molecular complexity index is 1800. The maximum atomic E-state index is 11.5. The van der Waals surface area contributed by atoms with Crippen LogP contribution in [0.1, 0.15) is 45.2 Å². The van der Waals surface area contributed by atoms with Gasteiger partial charge in [0.25, 0.3) is 0 Å². The van der Waals surface area contributed by atoms with Crippen molar-refractivity contribution in [3.63, 3.8) is 0 Å². The lowest BCUT2D eigenvalue weighted by Crippen LogP contribution is -2.51. The smallest absolute Gasteiger partial charge is 0.0727 e. The summed E-state index contributed by atoms with van der Waals surface area (Å²) in [4.78, 5) is 4.76. The van der Waals surface area contributed by atoms with Crippen LogP contribution >= 0.6 is 90.4 Å². The van der Waals surface area contributed by atoms with Crippen LogP contribution in [-0.4, -0.2) is 22.4 Å². The first-order chi connectivity index (χ1) is 25.2. The number of hydrogen-bond donors (Lipinski definition) is 2. The fourth-order valence-electron chi connectivity index (χ4n) is 7.03. The molecule has 1 aliphatic carbocycles. The highest BCUT2D eigenvalue weighted by molar-refractivity contribution is 14.1. The predicted molar refractivity (Wildman–Crippen MR) is 247 cm³/mol. The molecule has 2 N–H and O–H groups in total. The Labute approximate surface area is 361 Å². The summed E-state index contributed by atoms with van der Waals surface area (Å²) in [7, 11) is 0. The van der Waals surface area contributed by atoms with Crippen LogP contribution in [0.25, 0.3) is 0 Å². The highest BCUT2D eigenvalue weighted by Gasteiger charge is 2.50. The third-order valence-electron chi connectivity index (χ3n) is 9.90. The Hall–Kier alpha value is -2.24. The van der Waals surface area contributed by atoms with E-state index in [1.165, 1.54) is 36.5 Å². The molecule has 0 bridgehead atoms. The zero-order valence-corrected chi connectivity index (χ0v) is 36.9. The van der Waals surface area contributed by atoms with Crippen molar-refractivity contribution in [2.45, 2.75) is 50.2 Å². The molecule has 0 atom stereocenters. The van der Waals surface area contributed by atoms with Gasteiger partial charge in [0.2, 0.25) is 0 Å². The van der Waals surface area contributed by atoms with E-state index in [1.54, 1.807) is 0 Å². The number of benzene rings is 6. The minimum Gasteiger partial charge on any atom is -0.392 e. The van der Waals surface area contributed by atoms with Gasteiger partial charge in [-0.1, -0.05) is 72.8 Å². The van der Waals surface area contributed by atoms with Crippen LogP contribution in [-0.2, 0) is 26.2 Å². The van der Waals surface area contributed by atoms with Gasteiger partial charge >= 0.3 is 0 Å². The van der Waals surface area contributed by atoms with Gasteiger partial charge in [0.05, 0.1) is 12.2 Å². The summed E-state index contributed by atoms with van der Waals surface area (Å²) in [5, 5.41) is 23.0. The summed E-state index contributed by atoms with van der Waals surface area (Å²) < 4.78 is 4.89. The average Bonchev–Trinajstić information content (AvgIpc) is 3.15. The van der Waals surface area contributed by atoms with Crippen molar-refractivity contribution < 1.29 is 10.2 Å². The second-order valence-electron chi connectivity index (χ2n) is 13.4. The number of aliphatic hydroxyl groups is 2. The molecule has 0 aromatic heterocycles. The first kappa shape index (κ1) is 38.1. The lowest BCUT2D eigenvalue weighted by Gasteiger charge is -2.47. The molecular weight excluding hydrogens is 1100 g/mol. The summed E-state index contributed by atoms with van der Waals surface area (Å²) in [6, 6.07) is 51.6. The molecule has 1 fully saturated rings. The molecule has 1 aliphatic rings. The van der Waals surface area contributed by atoms with E-state index in [0.717, 1.165) is 48.7 Å². The third-order valence-corrected chi connectivity index (χ3v) is 12.8. The Morgan fingerprint density at radius 3 is 0.808 bits per heavy atom. The second kappa shape index (κ2) is 17.5. The summed E-state index contributed by atoms with van der Waals surface area (Å²) in [6.07, 6.45) is -1.34. The quantitative estimate of drug-likeness (QED) is 0.120. The van der Waals surface area contributed by atoms with Crippen molar-refractivity contribution in [3.8, 4) is 0 Å². The minimum absolute atomic E-state index is 0.335. The molecule has 7 rings (SSSR count). The number of rotatable bonds is 12. The molecule has 0 amide bonds. The first-order valence-electron chi connectivity index (χ1n) is 17.2. The fourth-order valence-corrected chi connectivity index (χ4v) is 8.46. The Morgan fingerprint density at radius 2 is 0.577 bits per heavy atom. The molecule has 52 heavy (non-hydrogen) atoms. The van der Waals surface area contributed by atoms with Gasteiger partial charge in [-0.05, 0) is 197 Å². The van der Waals surface area contributed by atoms with E-state index in [2.05, 4.69) is 246 Å². The van der Waals surface area contributed by atoms with E-state index in [9.17, 15) is 10.2 Å². The zero-order valence-electron chi connectivity index (χ0n) is 28.3. The van der Waals surface area contributed by atoms with Gasteiger partial charge in [-0.15, -0.1) is 0 Å². The van der Waals surface area contributed by atoms with Gasteiger partial charge in [-0.3, -0.25) is 0 Å². The van der Waals surface area contributed by atoms with Gasteiger partial charge in [-0.25, -0.2) is 0 Å². The van der Waals surface area contributed by atoms with Crippen molar-refractivity contribution in [1.82, 2.24) is 0 Å². The van der Waals surface area contributed by atoms with Crippen molar-refractivity contribution in [3.05, 3.63) is 193 Å². The minimum atomic E-state index is -0.670. The Morgan fingerprint density at radius 1 is 0.346 bits per heavy atom. The second-order valence-corrected chi connectivity index (χ2v) is 18.4. The van der Waals surface area contributed by atoms with Crippen molar-refractivity contribution in [2.24, 2.45) is 0 Å². The summed E-state index contributed by atoms with van der Waals surface area (Å²) in [5.41, 5.74) is 9.14. The summed E-state index contributed by atoms with van der Waals surface area (Å²) in [5.74, 6) is -0.671. The molecule has 8 heteroatoms. The predicted octanol–water partition coefficient (Wildman–Crippen LogP) is 11.1. The van der Waals surface area contributed by atoms with Crippen molar-refractivity contribution in [2.75, 3.05) is 9.80 Å². The molecule has 264 valence electrons. The van der Waals surface area contributed by atoms with Crippen LogP contribution in [0.4, 0.5) is 11.4 Å². The maximum Gasteiger partial charge on any atom is 0.0727 e. The lowest BCUT2D eigenvalue weighted by atomic mass is 9.63. The van der Waals surface area contributed by atoms with E-state index < -0.39 is 12.2 Å². The SMILES string of the molecule is OC1C(c2ccc(N(Cc3ccc(I)cc3)Cc3ccc(I)cc3)cc2)C(O)C1c1ccc(N(Cc2ccc(I)cc2)Cc2ccc(I)cc2)cc1. The highest BCUT2D eigenvalue weighted by atomic mass is 127. The number of halogens is 4. The Kier molecular flexibility index (Phi) is 12.8. The fraction of sp³-hybridized carbons (Fsp3) is 0.182. The van der Waals surface area contributed by atoms with E-state index in [1.807, 2.05) is 0 Å². The molecule has 1 saturated carbocycles. The number of aliphatic hydroxyl groups excluding tert-OH is 2. The van der Waals surface area contributed by atoms with Crippen LogP contribution in [0.3, 0.4) is 0 Å². The standard InChI is InChI=1S/C44H38I4N2O2/c45-35-13-1-29(2-14-35)25-49(26-30-3-15-36(46)16-4-30)39-21-9-33(10-22-39)41-43(51)42(44(41)52)34-11-23-40(24-12-34)50(27-31-5-17-37(47)18-6-31)28-32-7-19-38(48)20-8-32/h1-24,41-44,51-52H,25-28H2. The largest absolute Gasteiger partial charge is 0.392 e. The third kappa shape index (κ3) is 9.34. The summed E-state index contributed by atoms with van der Waals surface area (Å²) in [6.45, 7) is 3.12. The molecule has 0 saturated heterocycles. The Balaban J connectivity index is 1.06. The van der Waals surface area contributed by atoms with E-state index in [0.29, 0.717) is 0 Å². The van der Waals surface area contributed by atoms with Crippen LogP contribution in [0, 0.1) is 14.3 Å². The molecule has 0 unspecified atom stereocenters. The zero-order chi connectivity index (χ0) is 36.2. The number of anilines is 2. The number of hydrogen-bond acceptors (Lipinski definition) is 4. The van der Waals surface area contributed by atoms with E-state index in [-0.39, 0.29) is 11.8 Å². The van der Waals surface area contributed by atoms with Crippen molar-refractivity contribution >= 4 is 102 Å². The maximum absolute atomic E-state index is 11.5. The van der Waals surface area contributed by atoms with Crippen LogP contribution in [0.5, 0.6) is 0 Å². The molecular formula is C44H38I4N2O2. The van der Waals surface area contributed by atoms with Gasteiger partial charge in [0, 0.05) is 63.7 Å². The highest BCUT2D eigenvalue weighted by Crippen LogP contribution is 2.48. The monoisotopic (exact) mass is 1130 g/mol. The molecule has 4 nitrogen and oxygen atoms in total. The molecule has 0 radical (unpaired) electrons. The van der Waals surface area contributed by atoms with Gasteiger partial charge in [0.1, 0.15) is 0 Å². The molecule has 6 aromatic rings. The van der Waals surface area contributed by atoms with Crippen LogP contribution < -0.4 is 9.80 Å². The summed E-state index contributed by atoms with van der Waals surface area (Å²) >= 11 is 9.38. The molecule has 0 heterocycles. The first-order valence-corrected chi connectivity index (χ1v) is 21.6. The lowest BCUT2D eigenvalue weighted by molar-refractivity contribution is -0.0785. The normalized spacial score (nSPS) is 18.1. The number of nitrogens with zero attached hydrogens (tertiary/aromatic N) is 2.